The summed E-state index contributed by atoms with van der Waals surface area (Å²) >= 11 is 0. The SMILES string of the molecule is Cc1c(C(O)c2cccc(OC3CC3)c2)cnn1C. The van der Waals surface area contributed by atoms with E-state index in [2.05, 4.69) is 5.10 Å². The molecule has 0 aliphatic heterocycles. The first-order chi connectivity index (χ1) is 9.15. The van der Waals surface area contributed by atoms with Crippen LogP contribution in [0.5, 0.6) is 5.75 Å². The largest absolute Gasteiger partial charge is 0.490 e. The topological polar surface area (TPSA) is 47.3 Å². The van der Waals surface area contributed by atoms with Gasteiger partial charge in [-0.2, -0.15) is 5.10 Å². The van der Waals surface area contributed by atoms with E-state index in [4.69, 9.17) is 4.74 Å². The molecule has 3 rings (SSSR count). The van der Waals surface area contributed by atoms with Crippen LogP contribution in [0.1, 0.15) is 35.8 Å². The highest BCUT2D eigenvalue weighted by Crippen LogP contribution is 2.30. The molecule has 4 heteroatoms. The normalized spacial score (nSPS) is 16.4. The summed E-state index contributed by atoms with van der Waals surface area (Å²) in [5, 5.41) is 14.6. The molecule has 1 aliphatic carbocycles. The fourth-order valence-corrected chi connectivity index (χ4v) is 2.10. The zero-order chi connectivity index (χ0) is 13.4. The van der Waals surface area contributed by atoms with E-state index in [9.17, 15) is 5.11 Å². The van der Waals surface area contributed by atoms with Gasteiger partial charge in [0.2, 0.25) is 0 Å². The quantitative estimate of drug-likeness (QED) is 0.915. The van der Waals surface area contributed by atoms with Gasteiger partial charge in [0.05, 0.1) is 12.3 Å². The third-order valence-electron chi connectivity index (χ3n) is 3.57. The Balaban J connectivity index is 1.86. The van der Waals surface area contributed by atoms with Crippen molar-refractivity contribution in [3.63, 3.8) is 0 Å². The number of aryl methyl sites for hydroxylation is 1. The molecular weight excluding hydrogens is 240 g/mol. The zero-order valence-corrected chi connectivity index (χ0v) is 11.2. The van der Waals surface area contributed by atoms with Crippen LogP contribution in [0.4, 0.5) is 0 Å². The van der Waals surface area contributed by atoms with Crippen molar-refractivity contribution in [3.8, 4) is 5.75 Å². The van der Waals surface area contributed by atoms with Crippen LogP contribution in [0.2, 0.25) is 0 Å². The lowest BCUT2D eigenvalue weighted by molar-refractivity contribution is 0.218. The number of rotatable bonds is 4. The predicted molar refractivity (Wildman–Crippen MR) is 72.1 cm³/mol. The molecule has 1 aliphatic rings. The summed E-state index contributed by atoms with van der Waals surface area (Å²) in [6.07, 6.45) is 3.70. The molecule has 1 aromatic heterocycles. The first kappa shape index (κ1) is 12.2. The van der Waals surface area contributed by atoms with Gasteiger partial charge in [0.15, 0.2) is 0 Å². The van der Waals surface area contributed by atoms with Gasteiger partial charge in [-0.15, -0.1) is 0 Å². The molecule has 100 valence electrons. The summed E-state index contributed by atoms with van der Waals surface area (Å²) in [5.41, 5.74) is 2.65. The fraction of sp³-hybridized carbons (Fsp3) is 0.400. The van der Waals surface area contributed by atoms with Crippen molar-refractivity contribution in [2.24, 2.45) is 7.05 Å². The van der Waals surface area contributed by atoms with Crippen molar-refractivity contribution in [3.05, 3.63) is 47.3 Å². The Kier molecular flexibility index (Phi) is 3.03. The van der Waals surface area contributed by atoms with Crippen molar-refractivity contribution >= 4 is 0 Å². The number of benzene rings is 1. The Hall–Kier alpha value is -1.81. The van der Waals surface area contributed by atoms with Gasteiger partial charge in [0.25, 0.3) is 0 Å². The highest BCUT2D eigenvalue weighted by Gasteiger charge is 2.24. The van der Waals surface area contributed by atoms with Gasteiger partial charge in [-0.1, -0.05) is 12.1 Å². The van der Waals surface area contributed by atoms with E-state index in [0.717, 1.165) is 35.4 Å². The first-order valence-electron chi connectivity index (χ1n) is 6.58. The minimum atomic E-state index is -0.656. The second-order valence-corrected chi connectivity index (χ2v) is 5.10. The molecule has 0 radical (unpaired) electrons. The highest BCUT2D eigenvalue weighted by atomic mass is 16.5. The summed E-state index contributed by atoms with van der Waals surface area (Å²) in [6, 6.07) is 7.68. The lowest BCUT2D eigenvalue weighted by Gasteiger charge is -2.12. The van der Waals surface area contributed by atoms with E-state index in [1.54, 1.807) is 10.9 Å². The number of aromatic nitrogens is 2. The summed E-state index contributed by atoms with van der Waals surface area (Å²) < 4.78 is 7.52. The van der Waals surface area contributed by atoms with E-state index >= 15 is 0 Å². The van der Waals surface area contributed by atoms with E-state index in [-0.39, 0.29) is 0 Å². The molecule has 1 atom stereocenters. The van der Waals surface area contributed by atoms with Gasteiger partial charge in [-0.3, -0.25) is 4.68 Å². The van der Waals surface area contributed by atoms with Crippen molar-refractivity contribution in [2.75, 3.05) is 0 Å². The van der Waals surface area contributed by atoms with Gasteiger partial charge in [0.1, 0.15) is 11.9 Å². The van der Waals surface area contributed by atoms with Gasteiger partial charge in [-0.05, 0) is 37.5 Å². The first-order valence-corrected chi connectivity index (χ1v) is 6.58. The van der Waals surface area contributed by atoms with Crippen LogP contribution in [0.25, 0.3) is 0 Å². The van der Waals surface area contributed by atoms with E-state index in [1.165, 1.54) is 0 Å². The van der Waals surface area contributed by atoms with Gasteiger partial charge in [0, 0.05) is 18.3 Å². The van der Waals surface area contributed by atoms with Crippen molar-refractivity contribution in [1.29, 1.82) is 0 Å². The van der Waals surface area contributed by atoms with Gasteiger partial charge in [-0.25, -0.2) is 0 Å². The molecule has 19 heavy (non-hydrogen) atoms. The maximum absolute atomic E-state index is 10.5. The van der Waals surface area contributed by atoms with Gasteiger partial charge < -0.3 is 9.84 Å². The number of ether oxygens (including phenoxy) is 1. The second kappa shape index (κ2) is 4.70. The molecule has 4 nitrogen and oxygen atoms in total. The molecule has 1 heterocycles. The number of nitrogens with zero attached hydrogens (tertiary/aromatic N) is 2. The average Bonchev–Trinajstić information content (AvgIpc) is 3.16. The zero-order valence-electron chi connectivity index (χ0n) is 11.2. The van der Waals surface area contributed by atoms with Gasteiger partial charge >= 0.3 is 0 Å². The van der Waals surface area contributed by atoms with Crippen molar-refractivity contribution < 1.29 is 9.84 Å². The molecule has 0 spiro atoms. The fourth-order valence-electron chi connectivity index (χ4n) is 2.10. The number of aliphatic hydroxyl groups excluding tert-OH is 1. The second-order valence-electron chi connectivity index (χ2n) is 5.10. The molecule has 0 amide bonds. The lowest BCUT2D eigenvalue weighted by Crippen LogP contribution is -2.03. The average molecular weight is 258 g/mol. The molecule has 2 aromatic rings. The third-order valence-corrected chi connectivity index (χ3v) is 3.57. The van der Waals surface area contributed by atoms with E-state index < -0.39 is 6.10 Å². The van der Waals surface area contributed by atoms with Crippen molar-refractivity contribution in [1.82, 2.24) is 9.78 Å². The molecule has 1 unspecified atom stereocenters. The maximum atomic E-state index is 10.5. The predicted octanol–water partition coefficient (Wildman–Crippen LogP) is 2.35. The molecule has 1 N–H and O–H groups in total. The molecule has 1 saturated carbocycles. The number of hydrogen-bond donors (Lipinski definition) is 1. The Labute approximate surface area is 112 Å². The summed E-state index contributed by atoms with van der Waals surface area (Å²) in [6.45, 7) is 1.95. The molecule has 1 fully saturated rings. The molecule has 0 bridgehead atoms. The highest BCUT2D eigenvalue weighted by molar-refractivity contribution is 5.36. The Morgan fingerprint density at radius 3 is 2.84 bits per heavy atom. The smallest absolute Gasteiger partial charge is 0.120 e. The van der Waals surface area contributed by atoms with E-state index in [0.29, 0.717) is 6.10 Å². The summed E-state index contributed by atoms with van der Waals surface area (Å²) in [7, 11) is 1.87. The summed E-state index contributed by atoms with van der Waals surface area (Å²) in [5.74, 6) is 0.834. The van der Waals surface area contributed by atoms with Crippen LogP contribution in [-0.2, 0) is 7.05 Å². The molecule has 1 aromatic carbocycles. The minimum Gasteiger partial charge on any atom is -0.490 e. The van der Waals surface area contributed by atoms with Crippen molar-refractivity contribution in [2.45, 2.75) is 32.0 Å². The molecular formula is C15H18N2O2. The van der Waals surface area contributed by atoms with Crippen LogP contribution in [0.3, 0.4) is 0 Å². The van der Waals surface area contributed by atoms with Crippen LogP contribution in [-0.4, -0.2) is 21.0 Å². The van der Waals surface area contributed by atoms with Crippen LogP contribution in [0, 0.1) is 6.92 Å². The standard InChI is InChI=1S/C15H18N2O2/c1-10-14(9-16-17(10)2)15(18)11-4-3-5-13(8-11)19-12-6-7-12/h3-5,8-9,12,15,18H,6-7H2,1-2H3. The van der Waals surface area contributed by atoms with E-state index in [1.807, 2.05) is 38.2 Å². The maximum Gasteiger partial charge on any atom is 0.120 e. The number of hydrogen-bond acceptors (Lipinski definition) is 3. The Morgan fingerprint density at radius 1 is 1.42 bits per heavy atom. The van der Waals surface area contributed by atoms with Crippen LogP contribution in [0.15, 0.2) is 30.5 Å². The van der Waals surface area contributed by atoms with Crippen LogP contribution >= 0.6 is 0 Å². The van der Waals surface area contributed by atoms with Crippen LogP contribution < -0.4 is 4.74 Å². The number of aliphatic hydroxyl groups is 1. The Bertz CT molecular complexity index is 588. The Morgan fingerprint density at radius 2 is 2.21 bits per heavy atom. The minimum absolute atomic E-state index is 0.368. The third kappa shape index (κ3) is 2.49. The molecule has 0 saturated heterocycles. The summed E-state index contributed by atoms with van der Waals surface area (Å²) in [4.78, 5) is 0. The lowest BCUT2D eigenvalue weighted by atomic mass is 10.0. The monoisotopic (exact) mass is 258 g/mol.